The number of halogens is 2. The van der Waals surface area contributed by atoms with Crippen LogP contribution in [0.1, 0.15) is 26.2 Å². The van der Waals surface area contributed by atoms with Crippen LogP contribution in [0, 0.1) is 5.92 Å². The molecule has 0 spiro atoms. The van der Waals surface area contributed by atoms with E-state index < -0.39 is 1.61 Å². The van der Waals surface area contributed by atoms with Crippen LogP contribution in [-0.4, -0.2) is 6.72 Å². The van der Waals surface area contributed by atoms with Crippen LogP contribution in [-0.2, 0) is 0 Å². The number of allylic oxidation sites excluding steroid dienone is 1. The van der Waals surface area contributed by atoms with Crippen LogP contribution < -0.4 is 0 Å². The Morgan fingerprint density at radius 1 is 1.64 bits per heavy atom. The van der Waals surface area contributed by atoms with Crippen molar-refractivity contribution in [3.05, 3.63) is 11.6 Å². The molecule has 11 heavy (non-hydrogen) atoms. The lowest BCUT2D eigenvalue weighted by Gasteiger charge is -2.24. The molecule has 1 aliphatic rings. The van der Waals surface area contributed by atoms with Gasteiger partial charge in [-0.15, -0.1) is 0 Å². The van der Waals surface area contributed by atoms with Gasteiger partial charge in [-0.2, -0.15) is 0 Å². The van der Waals surface area contributed by atoms with E-state index in [4.69, 9.17) is 0 Å². The molecule has 64 valence electrons. The highest BCUT2D eigenvalue weighted by Crippen LogP contribution is 2.38. The fraction of sp³-hybridized carbons (Fsp3) is 0.750. The van der Waals surface area contributed by atoms with Crippen molar-refractivity contribution in [2.75, 3.05) is 0 Å². The Kier molecular flexibility index (Phi) is 3.64. The van der Waals surface area contributed by atoms with E-state index in [-0.39, 0.29) is 0 Å². The summed E-state index contributed by atoms with van der Waals surface area (Å²) >= 11 is 4.15. The third kappa shape index (κ3) is 3.18. The van der Waals surface area contributed by atoms with Gasteiger partial charge in [-0.1, -0.05) is 13.0 Å². The smallest absolute Gasteiger partial charge is 0.188 e. The minimum absolute atomic E-state index is 0.643. The van der Waals surface area contributed by atoms with Crippen LogP contribution in [0.4, 0.5) is 0 Å². The first-order valence-corrected chi connectivity index (χ1v) is 5.95. The van der Waals surface area contributed by atoms with Crippen molar-refractivity contribution in [2.24, 2.45) is 5.92 Å². The molecule has 0 radical (unpaired) electrons. The molecule has 0 bridgehead atoms. The second-order valence-electron chi connectivity index (χ2n) is 3.15. The van der Waals surface area contributed by atoms with Gasteiger partial charge in [-0.3, -0.25) is 0 Å². The van der Waals surface area contributed by atoms with E-state index in [9.17, 15) is 5.11 Å². The Morgan fingerprint density at radius 3 is 2.64 bits per heavy atom. The van der Waals surface area contributed by atoms with E-state index in [2.05, 4.69) is 58.2 Å². The zero-order valence-corrected chi connectivity index (χ0v) is 10.8. The Morgan fingerprint density at radius 2 is 2.27 bits per heavy atom. The molecule has 0 aromatic heterocycles. The molecule has 0 amide bonds. The van der Waals surface area contributed by atoms with Gasteiger partial charge in [-0.25, -0.2) is 0 Å². The standard InChI is InChI=1S/C8H12I2O/c1-6-2-4-7(5-3-6)8(9,10)11/h4,6,11H,2-3,5H2,1H3. The van der Waals surface area contributed by atoms with E-state index >= 15 is 0 Å². The summed E-state index contributed by atoms with van der Waals surface area (Å²) in [5, 5.41) is 9.63. The maximum Gasteiger partial charge on any atom is 0.188 e. The Balaban J connectivity index is 2.62. The van der Waals surface area contributed by atoms with Crippen LogP contribution in [0.25, 0.3) is 0 Å². The normalized spacial score (nSPS) is 26.5. The predicted octanol–water partition coefficient (Wildman–Crippen LogP) is 3.25. The average molecular weight is 378 g/mol. The van der Waals surface area contributed by atoms with E-state index in [0.717, 1.165) is 18.8 Å². The van der Waals surface area contributed by atoms with Crippen molar-refractivity contribution in [3.8, 4) is 0 Å². The first kappa shape index (κ1) is 10.2. The maximum absolute atomic E-state index is 9.63. The molecule has 1 nitrogen and oxygen atoms in total. The minimum atomic E-state index is -0.643. The summed E-state index contributed by atoms with van der Waals surface area (Å²) in [5.74, 6) is 0.800. The highest BCUT2D eigenvalue weighted by atomic mass is 127. The average Bonchev–Trinajstić information content (AvgIpc) is 1.86. The second kappa shape index (κ2) is 3.91. The van der Waals surface area contributed by atoms with Crippen molar-refractivity contribution in [1.82, 2.24) is 0 Å². The van der Waals surface area contributed by atoms with Gasteiger partial charge >= 0.3 is 0 Å². The summed E-state index contributed by atoms with van der Waals surface area (Å²) in [6, 6.07) is 0. The zero-order valence-electron chi connectivity index (χ0n) is 6.48. The summed E-state index contributed by atoms with van der Waals surface area (Å²) in [6.07, 6.45) is 5.60. The summed E-state index contributed by atoms with van der Waals surface area (Å²) in [7, 11) is 0. The van der Waals surface area contributed by atoms with Crippen LogP contribution in [0.2, 0.25) is 0 Å². The Bertz CT molecular complexity index is 169. The first-order valence-electron chi connectivity index (χ1n) is 3.80. The van der Waals surface area contributed by atoms with E-state index in [1.165, 1.54) is 12.0 Å². The molecule has 0 fully saturated rings. The van der Waals surface area contributed by atoms with Crippen molar-refractivity contribution in [3.63, 3.8) is 0 Å². The number of alkyl halides is 2. The third-order valence-corrected chi connectivity index (χ3v) is 3.45. The molecule has 1 atom stereocenters. The highest BCUT2D eigenvalue weighted by Gasteiger charge is 2.25. The molecule has 1 rings (SSSR count). The minimum Gasteiger partial charge on any atom is -0.367 e. The molecular formula is C8H12I2O. The van der Waals surface area contributed by atoms with Crippen LogP contribution in [0.15, 0.2) is 11.6 Å². The van der Waals surface area contributed by atoms with Crippen LogP contribution in [0.3, 0.4) is 0 Å². The van der Waals surface area contributed by atoms with Gasteiger partial charge in [-0.05, 0) is 75.9 Å². The number of aliphatic hydroxyl groups is 1. The molecule has 1 aliphatic carbocycles. The van der Waals surface area contributed by atoms with Gasteiger partial charge < -0.3 is 5.11 Å². The van der Waals surface area contributed by atoms with E-state index in [1.54, 1.807) is 0 Å². The molecule has 1 unspecified atom stereocenters. The number of rotatable bonds is 1. The molecule has 1 N–H and O–H groups in total. The van der Waals surface area contributed by atoms with E-state index in [1.807, 2.05) is 0 Å². The summed E-state index contributed by atoms with van der Waals surface area (Å²) < 4.78 is -0.643. The van der Waals surface area contributed by atoms with Gasteiger partial charge in [0.1, 0.15) is 0 Å². The fourth-order valence-corrected chi connectivity index (χ4v) is 2.22. The summed E-state index contributed by atoms with van der Waals surface area (Å²) in [6.45, 7) is 2.26. The summed E-state index contributed by atoms with van der Waals surface area (Å²) in [4.78, 5) is 0. The van der Waals surface area contributed by atoms with Gasteiger partial charge in [0, 0.05) is 0 Å². The Labute approximate surface area is 94.9 Å². The lowest BCUT2D eigenvalue weighted by Crippen LogP contribution is -2.16. The number of hydrogen-bond donors (Lipinski definition) is 1. The van der Waals surface area contributed by atoms with Crippen molar-refractivity contribution < 1.29 is 5.11 Å². The van der Waals surface area contributed by atoms with Gasteiger partial charge in [0.05, 0.1) is 0 Å². The lowest BCUT2D eigenvalue weighted by molar-refractivity contribution is 0.286. The van der Waals surface area contributed by atoms with Gasteiger partial charge in [0.2, 0.25) is 0 Å². The van der Waals surface area contributed by atoms with Crippen molar-refractivity contribution in [1.29, 1.82) is 0 Å². The molecular weight excluding hydrogens is 366 g/mol. The van der Waals surface area contributed by atoms with Gasteiger partial charge in [0.15, 0.2) is 1.61 Å². The third-order valence-electron chi connectivity index (χ3n) is 2.06. The van der Waals surface area contributed by atoms with Crippen molar-refractivity contribution >= 4 is 45.2 Å². The molecule has 0 aromatic carbocycles. The molecule has 0 aromatic rings. The maximum atomic E-state index is 9.63. The highest BCUT2D eigenvalue weighted by molar-refractivity contribution is 14.2. The predicted molar refractivity (Wildman–Crippen MR) is 64.1 cm³/mol. The fourth-order valence-electron chi connectivity index (χ4n) is 1.24. The van der Waals surface area contributed by atoms with Crippen molar-refractivity contribution in [2.45, 2.75) is 27.8 Å². The molecule has 0 saturated carbocycles. The zero-order chi connectivity index (χ0) is 8.48. The molecule has 0 aliphatic heterocycles. The first-order chi connectivity index (χ1) is 5.00. The topological polar surface area (TPSA) is 20.2 Å². The Hall–Kier alpha value is 1.16. The van der Waals surface area contributed by atoms with Gasteiger partial charge in [0.25, 0.3) is 0 Å². The molecule has 0 heterocycles. The van der Waals surface area contributed by atoms with E-state index in [0.29, 0.717) is 0 Å². The second-order valence-corrected chi connectivity index (χ2v) is 8.34. The van der Waals surface area contributed by atoms with Crippen LogP contribution in [0.5, 0.6) is 0 Å². The molecule has 0 saturated heterocycles. The summed E-state index contributed by atoms with van der Waals surface area (Å²) in [5.41, 5.74) is 1.19. The SMILES string of the molecule is CC1CC=C(C(O)(I)I)CC1. The quantitative estimate of drug-likeness (QED) is 0.422. The number of hydrogen-bond acceptors (Lipinski definition) is 1. The van der Waals surface area contributed by atoms with Crippen LogP contribution >= 0.6 is 45.2 Å². The largest absolute Gasteiger partial charge is 0.367 e. The molecule has 3 heteroatoms. The monoisotopic (exact) mass is 378 g/mol. The lowest BCUT2D eigenvalue weighted by atomic mass is 9.91.